The van der Waals surface area contributed by atoms with Crippen LogP contribution in [0.3, 0.4) is 0 Å². The molecule has 7 heavy (non-hydrogen) atoms. The minimum absolute atomic E-state index is 0.310. The number of nitrogen functional groups attached to an aromatic ring is 1. The van der Waals surface area contributed by atoms with Gasteiger partial charge in [0.25, 0.3) is 0 Å². The monoisotopic (exact) mass is 97.1 g/mol. The lowest BCUT2D eigenvalue weighted by atomic mass is 10.8. The first-order valence-corrected chi connectivity index (χ1v) is 1.79. The second-order valence-corrected chi connectivity index (χ2v) is 1.14. The molecule has 0 aliphatic heterocycles. The van der Waals surface area contributed by atoms with Gasteiger partial charge in [-0.15, -0.1) is 0 Å². The van der Waals surface area contributed by atoms with Gasteiger partial charge >= 0.3 is 0 Å². The van der Waals surface area contributed by atoms with E-state index in [4.69, 9.17) is 5.73 Å². The lowest BCUT2D eigenvalue weighted by molar-refractivity contribution is 1.07. The van der Waals surface area contributed by atoms with Crippen LogP contribution in [0.2, 0.25) is 0 Å². The van der Waals surface area contributed by atoms with Crippen molar-refractivity contribution in [2.75, 3.05) is 5.73 Å². The Bertz CT molecular complexity index is 139. The van der Waals surface area contributed by atoms with Crippen LogP contribution in [-0.2, 0) is 0 Å². The number of nitrogens with one attached hydrogen (secondary N) is 1. The number of nitrogens with two attached hydrogens (primary N) is 1. The lowest BCUT2D eigenvalue weighted by Gasteiger charge is -1.69. The predicted molar refractivity (Wildman–Crippen MR) is 25.3 cm³/mol. The summed E-state index contributed by atoms with van der Waals surface area (Å²) in [6.45, 7) is 3.41. The minimum atomic E-state index is 0.310. The van der Waals surface area contributed by atoms with Gasteiger partial charge in [-0.2, -0.15) is 10.1 Å². The molecule has 0 saturated carbocycles. The van der Waals surface area contributed by atoms with E-state index in [1.54, 1.807) is 0 Å². The highest BCUT2D eigenvalue weighted by atomic mass is 15.2. The molecule has 0 bridgehead atoms. The molecule has 0 aromatic carbocycles. The van der Waals surface area contributed by atoms with Crippen molar-refractivity contribution in [2.24, 2.45) is 0 Å². The van der Waals surface area contributed by atoms with Gasteiger partial charge in [-0.3, -0.25) is 0 Å². The maximum absolute atomic E-state index is 5.11. The van der Waals surface area contributed by atoms with Crippen LogP contribution in [-0.4, -0.2) is 15.2 Å². The summed E-state index contributed by atoms with van der Waals surface area (Å²) in [6.07, 6.45) is 0. The topological polar surface area (TPSA) is 67.6 Å². The minimum Gasteiger partial charge on any atom is -0.368 e. The maximum atomic E-state index is 5.11. The second kappa shape index (κ2) is 1.22. The van der Waals surface area contributed by atoms with E-state index < -0.39 is 0 Å². The van der Waals surface area contributed by atoms with Crippen molar-refractivity contribution in [2.45, 2.75) is 0 Å². The molecular weight excluding hydrogens is 92.1 g/mol. The van der Waals surface area contributed by atoms with Gasteiger partial charge in [0.2, 0.25) is 5.95 Å². The standard InChI is InChI=1S/C3H5N4/c1-2-5-3(4)7-6-2/h1H2,(H3,4,5,6,7). The highest BCUT2D eigenvalue weighted by molar-refractivity contribution is 5.13. The number of hydrogen-bond acceptors (Lipinski definition) is 3. The van der Waals surface area contributed by atoms with E-state index in [0.717, 1.165) is 0 Å². The SMILES string of the molecule is [CH2]c1n[nH]c(N)n1. The van der Waals surface area contributed by atoms with Crippen LogP contribution in [0.25, 0.3) is 0 Å². The molecule has 1 aromatic rings. The molecular formula is C3H5N4. The zero-order valence-corrected chi connectivity index (χ0v) is 3.68. The van der Waals surface area contributed by atoms with E-state index in [2.05, 4.69) is 22.1 Å². The van der Waals surface area contributed by atoms with E-state index in [1.807, 2.05) is 0 Å². The summed E-state index contributed by atoms with van der Waals surface area (Å²) in [4.78, 5) is 3.61. The van der Waals surface area contributed by atoms with Crippen molar-refractivity contribution < 1.29 is 0 Å². The van der Waals surface area contributed by atoms with Gasteiger partial charge in [-0.05, 0) is 0 Å². The first kappa shape index (κ1) is 4.11. The van der Waals surface area contributed by atoms with Crippen molar-refractivity contribution in [3.8, 4) is 0 Å². The third kappa shape index (κ3) is 0.677. The molecule has 1 rings (SSSR count). The number of anilines is 1. The molecule has 4 nitrogen and oxygen atoms in total. The van der Waals surface area contributed by atoms with E-state index in [9.17, 15) is 0 Å². The highest BCUT2D eigenvalue weighted by Gasteiger charge is 1.87. The molecule has 1 heterocycles. The molecule has 1 aromatic heterocycles. The zero-order chi connectivity index (χ0) is 5.28. The Balaban J connectivity index is 3.04. The summed E-state index contributed by atoms with van der Waals surface area (Å²) in [5, 5.41) is 5.97. The van der Waals surface area contributed by atoms with Gasteiger partial charge in [0.15, 0.2) is 5.82 Å². The molecule has 4 heteroatoms. The molecule has 37 valence electrons. The lowest BCUT2D eigenvalue weighted by Crippen LogP contribution is -1.84. The third-order valence-corrected chi connectivity index (χ3v) is 0.549. The first-order chi connectivity index (χ1) is 3.29. The van der Waals surface area contributed by atoms with E-state index in [0.29, 0.717) is 11.8 Å². The molecule has 3 N–H and O–H groups in total. The Labute approximate surface area is 40.8 Å². The summed E-state index contributed by atoms with van der Waals surface area (Å²) >= 11 is 0. The maximum Gasteiger partial charge on any atom is 0.216 e. The molecule has 0 unspecified atom stereocenters. The molecule has 1 radical (unpaired) electrons. The number of rotatable bonds is 0. The van der Waals surface area contributed by atoms with Gasteiger partial charge in [-0.25, -0.2) is 5.10 Å². The van der Waals surface area contributed by atoms with E-state index in [-0.39, 0.29) is 0 Å². The molecule has 0 saturated heterocycles. The average molecular weight is 97.1 g/mol. The molecule has 0 atom stereocenters. The largest absolute Gasteiger partial charge is 0.368 e. The Morgan fingerprint density at radius 3 is 2.57 bits per heavy atom. The average Bonchev–Trinajstić information content (AvgIpc) is 1.87. The van der Waals surface area contributed by atoms with Gasteiger partial charge in [0.1, 0.15) is 0 Å². The fourth-order valence-corrected chi connectivity index (χ4v) is 0.311. The number of aromatic nitrogens is 3. The molecule has 0 spiro atoms. The van der Waals surface area contributed by atoms with E-state index in [1.165, 1.54) is 0 Å². The Morgan fingerprint density at radius 2 is 2.43 bits per heavy atom. The summed E-state index contributed by atoms with van der Waals surface area (Å²) < 4.78 is 0. The molecule has 0 aliphatic rings. The van der Waals surface area contributed by atoms with Gasteiger partial charge in [-0.1, -0.05) is 0 Å². The number of hydrogen-bond donors (Lipinski definition) is 2. The van der Waals surface area contributed by atoms with Gasteiger partial charge in [0, 0.05) is 6.92 Å². The molecule has 0 amide bonds. The van der Waals surface area contributed by atoms with Crippen molar-refractivity contribution in [3.05, 3.63) is 12.7 Å². The summed E-state index contributed by atoms with van der Waals surface area (Å²) in [7, 11) is 0. The number of aromatic amines is 1. The van der Waals surface area contributed by atoms with Gasteiger partial charge in [0.05, 0.1) is 0 Å². The molecule has 0 aliphatic carbocycles. The van der Waals surface area contributed by atoms with Crippen LogP contribution in [0.5, 0.6) is 0 Å². The highest BCUT2D eigenvalue weighted by Crippen LogP contribution is 1.86. The first-order valence-electron chi connectivity index (χ1n) is 1.79. The smallest absolute Gasteiger partial charge is 0.216 e. The van der Waals surface area contributed by atoms with Crippen molar-refractivity contribution in [1.82, 2.24) is 15.2 Å². The van der Waals surface area contributed by atoms with Crippen LogP contribution in [0.4, 0.5) is 5.95 Å². The van der Waals surface area contributed by atoms with Crippen LogP contribution in [0.1, 0.15) is 5.82 Å². The third-order valence-electron chi connectivity index (χ3n) is 0.549. The van der Waals surface area contributed by atoms with Crippen LogP contribution < -0.4 is 5.73 Å². The molecule has 0 fully saturated rings. The summed E-state index contributed by atoms with van der Waals surface area (Å²) in [6, 6.07) is 0. The predicted octanol–water partition coefficient (Wildman–Crippen LogP) is -0.431. The fraction of sp³-hybridized carbons (Fsp3) is 0. The Hall–Kier alpha value is -1.06. The quantitative estimate of drug-likeness (QED) is 0.461. The van der Waals surface area contributed by atoms with Crippen LogP contribution in [0, 0.1) is 6.92 Å². The normalized spacial score (nSPS) is 9.29. The van der Waals surface area contributed by atoms with Crippen molar-refractivity contribution in [1.29, 1.82) is 0 Å². The summed E-state index contributed by atoms with van der Waals surface area (Å²) in [5.41, 5.74) is 5.11. The van der Waals surface area contributed by atoms with Crippen molar-refractivity contribution >= 4 is 5.95 Å². The Kier molecular flexibility index (Phi) is 0.714. The number of H-pyrrole nitrogens is 1. The second-order valence-electron chi connectivity index (χ2n) is 1.14. The van der Waals surface area contributed by atoms with Crippen LogP contribution in [0.15, 0.2) is 0 Å². The Morgan fingerprint density at radius 1 is 1.71 bits per heavy atom. The van der Waals surface area contributed by atoms with Crippen LogP contribution >= 0.6 is 0 Å². The fourth-order valence-electron chi connectivity index (χ4n) is 0.311. The van der Waals surface area contributed by atoms with Gasteiger partial charge < -0.3 is 5.73 Å². The zero-order valence-electron chi connectivity index (χ0n) is 3.68. The van der Waals surface area contributed by atoms with Crippen molar-refractivity contribution in [3.63, 3.8) is 0 Å². The summed E-state index contributed by atoms with van der Waals surface area (Å²) in [5.74, 6) is 0.738. The van der Waals surface area contributed by atoms with E-state index >= 15 is 0 Å². The number of nitrogens with zero attached hydrogens (tertiary/aromatic N) is 2.